The van der Waals surface area contributed by atoms with Gasteiger partial charge in [-0.3, -0.25) is 0 Å². The SMILES string of the molecule is Cc1cccc(C(C)C)c1Nc1ccnc(NCCCN(C)C)n1. The zero-order valence-electron chi connectivity index (χ0n) is 15.4. The minimum Gasteiger partial charge on any atom is -0.354 e. The predicted octanol–water partition coefficient (Wildman–Crippen LogP) is 4.02. The van der Waals surface area contributed by atoms with E-state index in [4.69, 9.17) is 0 Å². The van der Waals surface area contributed by atoms with Gasteiger partial charge < -0.3 is 15.5 Å². The van der Waals surface area contributed by atoms with E-state index < -0.39 is 0 Å². The molecule has 0 aliphatic heterocycles. The van der Waals surface area contributed by atoms with Crippen LogP contribution in [0.2, 0.25) is 0 Å². The highest BCUT2D eigenvalue weighted by Gasteiger charge is 2.10. The van der Waals surface area contributed by atoms with Crippen LogP contribution in [0.1, 0.15) is 37.3 Å². The number of anilines is 3. The van der Waals surface area contributed by atoms with Crippen molar-refractivity contribution in [1.82, 2.24) is 14.9 Å². The number of benzene rings is 1. The van der Waals surface area contributed by atoms with E-state index in [0.717, 1.165) is 31.0 Å². The lowest BCUT2D eigenvalue weighted by molar-refractivity contribution is 0.405. The fraction of sp³-hybridized carbons (Fsp3) is 0.474. The van der Waals surface area contributed by atoms with E-state index >= 15 is 0 Å². The van der Waals surface area contributed by atoms with Gasteiger partial charge in [0.05, 0.1) is 0 Å². The van der Waals surface area contributed by atoms with E-state index in [0.29, 0.717) is 11.9 Å². The summed E-state index contributed by atoms with van der Waals surface area (Å²) >= 11 is 0. The second-order valence-electron chi connectivity index (χ2n) is 6.67. The average Bonchev–Trinajstić information content (AvgIpc) is 2.53. The van der Waals surface area contributed by atoms with Crippen molar-refractivity contribution in [1.29, 1.82) is 0 Å². The molecule has 0 spiro atoms. The third-order valence-corrected chi connectivity index (χ3v) is 3.90. The Morgan fingerprint density at radius 1 is 1.17 bits per heavy atom. The molecule has 2 aromatic rings. The van der Waals surface area contributed by atoms with Gasteiger partial charge in [0.15, 0.2) is 0 Å². The largest absolute Gasteiger partial charge is 0.354 e. The first-order valence-corrected chi connectivity index (χ1v) is 8.55. The van der Waals surface area contributed by atoms with Gasteiger partial charge in [0.2, 0.25) is 5.95 Å². The van der Waals surface area contributed by atoms with Gasteiger partial charge in [-0.25, -0.2) is 4.98 Å². The molecule has 2 N–H and O–H groups in total. The van der Waals surface area contributed by atoms with Crippen LogP contribution in [0.25, 0.3) is 0 Å². The fourth-order valence-corrected chi connectivity index (χ4v) is 2.58. The van der Waals surface area contributed by atoms with Crippen LogP contribution in [-0.2, 0) is 0 Å². The number of aromatic nitrogens is 2. The van der Waals surface area contributed by atoms with Crippen LogP contribution < -0.4 is 10.6 Å². The Morgan fingerprint density at radius 3 is 2.67 bits per heavy atom. The van der Waals surface area contributed by atoms with Crippen LogP contribution in [0, 0.1) is 6.92 Å². The maximum absolute atomic E-state index is 4.58. The second-order valence-corrected chi connectivity index (χ2v) is 6.67. The number of nitrogens with zero attached hydrogens (tertiary/aromatic N) is 3. The Hall–Kier alpha value is -2.14. The molecule has 0 bridgehead atoms. The molecule has 0 amide bonds. The summed E-state index contributed by atoms with van der Waals surface area (Å²) in [6.45, 7) is 8.44. The lowest BCUT2D eigenvalue weighted by atomic mass is 9.98. The van der Waals surface area contributed by atoms with Gasteiger partial charge in [-0.2, -0.15) is 4.98 Å². The molecule has 24 heavy (non-hydrogen) atoms. The molecule has 130 valence electrons. The maximum atomic E-state index is 4.58. The number of aryl methyl sites for hydroxylation is 1. The van der Waals surface area contributed by atoms with Crippen molar-refractivity contribution in [2.45, 2.75) is 33.1 Å². The highest BCUT2D eigenvalue weighted by Crippen LogP contribution is 2.29. The Labute approximate surface area is 145 Å². The van der Waals surface area contributed by atoms with Gasteiger partial charge in [-0.05, 0) is 57.1 Å². The summed E-state index contributed by atoms with van der Waals surface area (Å²) in [4.78, 5) is 11.1. The molecule has 2 rings (SSSR count). The number of para-hydroxylation sites is 1. The van der Waals surface area contributed by atoms with Gasteiger partial charge >= 0.3 is 0 Å². The highest BCUT2D eigenvalue weighted by molar-refractivity contribution is 5.65. The third kappa shape index (κ3) is 5.20. The molecule has 1 heterocycles. The summed E-state index contributed by atoms with van der Waals surface area (Å²) in [7, 11) is 4.16. The highest BCUT2D eigenvalue weighted by atomic mass is 15.1. The molecular weight excluding hydrogens is 298 g/mol. The maximum Gasteiger partial charge on any atom is 0.224 e. The lowest BCUT2D eigenvalue weighted by Gasteiger charge is -2.17. The van der Waals surface area contributed by atoms with Crippen molar-refractivity contribution >= 4 is 17.5 Å². The van der Waals surface area contributed by atoms with Crippen molar-refractivity contribution in [2.24, 2.45) is 0 Å². The number of hydrogen-bond acceptors (Lipinski definition) is 5. The summed E-state index contributed by atoms with van der Waals surface area (Å²) < 4.78 is 0. The van der Waals surface area contributed by atoms with Gasteiger partial charge in [-0.1, -0.05) is 32.0 Å². The molecule has 1 aromatic heterocycles. The quantitative estimate of drug-likeness (QED) is 0.717. The molecule has 5 heteroatoms. The molecule has 0 unspecified atom stereocenters. The van der Waals surface area contributed by atoms with E-state index in [1.807, 2.05) is 6.07 Å². The normalized spacial score (nSPS) is 11.1. The number of rotatable bonds is 8. The molecule has 0 aliphatic rings. The summed E-state index contributed by atoms with van der Waals surface area (Å²) in [5, 5.41) is 6.76. The van der Waals surface area contributed by atoms with Crippen molar-refractivity contribution < 1.29 is 0 Å². The van der Waals surface area contributed by atoms with E-state index in [1.54, 1.807) is 6.20 Å². The van der Waals surface area contributed by atoms with E-state index in [2.05, 4.69) is 78.6 Å². The molecule has 0 radical (unpaired) electrons. The third-order valence-electron chi connectivity index (χ3n) is 3.90. The lowest BCUT2D eigenvalue weighted by Crippen LogP contribution is -2.17. The van der Waals surface area contributed by atoms with E-state index in [-0.39, 0.29) is 0 Å². The van der Waals surface area contributed by atoms with Crippen LogP contribution in [0.4, 0.5) is 17.5 Å². The summed E-state index contributed by atoms with van der Waals surface area (Å²) in [6.07, 6.45) is 2.85. The molecule has 0 saturated heterocycles. The average molecular weight is 327 g/mol. The molecule has 0 fully saturated rings. The first-order valence-electron chi connectivity index (χ1n) is 8.55. The molecule has 1 aromatic carbocycles. The number of hydrogen-bond donors (Lipinski definition) is 2. The fourth-order valence-electron chi connectivity index (χ4n) is 2.58. The summed E-state index contributed by atoms with van der Waals surface area (Å²) in [6, 6.07) is 8.30. The minimum atomic E-state index is 0.456. The Morgan fingerprint density at radius 2 is 1.96 bits per heavy atom. The summed E-state index contributed by atoms with van der Waals surface area (Å²) in [5.41, 5.74) is 3.67. The molecule has 0 aliphatic carbocycles. The zero-order chi connectivity index (χ0) is 17.5. The Bertz CT molecular complexity index is 652. The predicted molar refractivity (Wildman–Crippen MR) is 102 cm³/mol. The van der Waals surface area contributed by atoms with Crippen molar-refractivity contribution in [2.75, 3.05) is 37.8 Å². The van der Waals surface area contributed by atoms with Crippen LogP contribution in [0.15, 0.2) is 30.5 Å². The molecule has 5 nitrogen and oxygen atoms in total. The topological polar surface area (TPSA) is 53.1 Å². The van der Waals surface area contributed by atoms with Gasteiger partial charge in [0.1, 0.15) is 5.82 Å². The van der Waals surface area contributed by atoms with Gasteiger partial charge in [0.25, 0.3) is 0 Å². The zero-order valence-corrected chi connectivity index (χ0v) is 15.4. The monoisotopic (exact) mass is 327 g/mol. The molecule has 0 saturated carbocycles. The Kier molecular flexibility index (Phi) is 6.55. The second kappa shape index (κ2) is 8.64. The molecular formula is C19H29N5. The van der Waals surface area contributed by atoms with Crippen molar-refractivity contribution in [3.8, 4) is 0 Å². The van der Waals surface area contributed by atoms with Crippen LogP contribution >= 0.6 is 0 Å². The minimum absolute atomic E-state index is 0.456. The van der Waals surface area contributed by atoms with Crippen LogP contribution in [0.5, 0.6) is 0 Å². The van der Waals surface area contributed by atoms with E-state index in [1.165, 1.54) is 11.1 Å². The first-order chi connectivity index (χ1) is 11.5. The first kappa shape index (κ1) is 18.2. The number of nitrogens with one attached hydrogen (secondary N) is 2. The van der Waals surface area contributed by atoms with Crippen molar-refractivity contribution in [3.05, 3.63) is 41.6 Å². The van der Waals surface area contributed by atoms with E-state index in [9.17, 15) is 0 Å². The molecule has 0 atom stereocenters. The standard InChI is InChI=1S/C19H29N5/c1-14(2)16-9-6-8-15(3)18(16)22-17-10-12-21-19(23-17)20-11-7-13-24(4)5/h6,8-10,12,14H,7,11,13H2,1-5H3,(H2,20,21,22,23). The summed E-state index contributed by atoms with van der Waals surface area (Å²) in [5.74, 6) is 1.94. The van der Waals surface area contributed by atoms with Gasteiger partial charge in [-0.15, -0.1) is 0 Å². The van der Waals surface area contributed by atoms with Crippen LogP contribution in [-0.4, -0.2) is 42.1 Å². The smallest absolute Gasteiger partial charge is 0.224 e. The van der Waals surface area contributed by atoms with Crippen LogP contribution in [0.3, 0.4) is 0 Å². The van der Waals surface area contributed by atoms with Gasteiger partial charge in [0, 0.05) is 18.4 Å². The van der Waals surface area contributed by atoms with Crippen molar-refractivity contribution in [3.63, 3.8) is 0 Å². The Balaban J connectivity index is 2.07.